The number of likely N-dealkylation sites (tertiary alicyclic amines) is 1. The number of aryl methyl sites for hydroxylation is 1. The lowest BCUT2D eigenvalue weighted by Gasteiger charge is -2.21. The Bertz CT molecular complexity index is 640. The molecule has 1 aromatic carbocycles. The van der Waals surface area contributed by atoms with Gasteiger partial charge in [0.25, 0.3) is 0 Å². The lowest BCUT2D eigenvalue weighted by Crippen LogP contribution is -2.36. The van der Waals surface area contributed by atoms with Crippen molar-refractivity contribution >= 4 is 23.5 Å². The first-order valence-electron chi connectivity index (χ1n) is 7.84. The molecule has 2 saturated heterocycles. The van der Waals surface area contributed by atoms with E-state index in [0.29, 0.717) is 19.5 Å². The third kappa shape index (κ3) is 3.06. The van der Waals surface area contributed by atoms with E-state index in [0.717, 1.165) is 11.3 Å². The van der Waals surface area contributed by atoms with Crippen molar-refractivity contribution in [2.45, 2.75) is 19.8 Å². The molecule has 0 aliphatic carbocycles. The molecule has 2 unspecified atom stereocenters. The van der Waals surface area contributed by atoms with Gasteiger partial charge in [-0.3, -0.25) is 14.4 Å². The first-order valence-corrected chi connectivity index (χ1v) is 7.84. The predicted octanol–water partition coefficient (Wildman–Crippen LogP) is 1.28. The highest BCUT2D eigenvalue weighted by atomic mass is 16.4. The van der Waals surface area contributed by atoms with Crippen LogP contribution in [0.1, 0.15) is 18.4 Å². The summed E-state index contributed by atoms with van der Waals surface area (Å²) in [6.07, 6.45) is 0.685. The van der Waals surface area contributed by atoms with Crippen LogP contribution in [-0.2, 0) is 14.4 Å². The van der Waals surface area contributed by atoms with Gasteiger partial charge in [-0.15, -0.1) is 0 Å². The molecule has 122 valence electrons. The summed E-state index contributed by atoms with van der Waals surface area (Å²) in [5.74, 6) is -1.87. The molecule has 2 amide bonds. The van der Waals surface area contributed by atoms with Crippen LogP contribution in [0.3, 0.4) is 0 Å². The number of nitrogens with zero attached hydrogens (tertiary/aromatic N) is 2. The highest BCUT2D eigenvalue weighted by Crippen LogP contribution is 2.28. The molecule has 1 N–H and O–H groups in total. The van der Waals surface area contributed by atoms with E-state index >= 15 is 0 Å². The lowest BCUT2D eigenvalue weighted by molar-refractivity contribution is -0.141. The zero-order chi connectivity index (χ0) is 16.6. The number of amides is 2. The van der Waals surface area contributed by atoms with Gasteiger partial charge in [0.1, 0.15) is 0 Å². The van der Waals surface area contributed by atoms with Crippen LogP contribution in [0.2, 0.25) is 0 Å². The molecule has 3 rings (SSSR count). The van der Waals surface area contributed by atoms with Crippen molar-refractivity contribution in [3.05, 3.63) is 29.8 Å². The topological polar surface area (TPSA) is 77.9 Å². The zero-order valence-corrected chi connectivity index (χ0v) is 13.1. The fourth-order valence-corrected chi connectivity index (χ4v) is 3.27. The average Bonchev–Trinajstić information content (AvgIpc) is 3.14. The largest absolute Gasteiger partial charge is 0.481 e. The molecule has 2 aliphatic rings. The number of anilines is 1. The Morgan fingerprint density at radius 2 is 1.83 bits per heavy atom. The quantitative estimate of drug-likeness (QED) is 0.911. The van der Waals surface area contributed by atoms with Gasteiger partial charge in [0, 0.05) is 31.7 Å². The van der Waals surface area contributed by atoms with Crippen LogP contribution in [0.25, 0.3) is 0 Å². The third-order valence-corrected chi connectivity index (χ3v) is 4.67. The van der Waals surface area contributed by atoms with Crippen LogP contribution in [0.15, 0.2) is 24.3 Å². The van der Waals surface area contributed by atoms with E-state index in [1.54, 1.807) is 9.80 Å². The summed E-state index contributed by atoms with van der Waals surface area (Å²) in [6.45, 7) is 3.07. The number of carboxylic acids is 1. The van der Waals surface area contributed by atoms with E-state index in [9.17, 15) is 14.4 Å². The fourth-order valence-electron chi connectivity index (χ4n) is 3.27. The number of benzene rings is 1. The Morgan fingerprint density at radius 1 is 1.13 bits per heavy atom. The minimum Gasteiger partial charge on any atom is -0.481 e. The molecule has 6 heteroatoms. The smallest absolute Gasteiger partial charge is 0.308 e. The molecule has 2 atom stereocenters. The molecule has 0 spiro atoms. The van der Waals surface area contributed by atoms with Gasteiger partial charge in [0.15, 0.2) is 0 Å². The predicted molar refractivity (Wildman–Crippen MR) is 84.0 cm³/mol. The van der Waals surface area contributed by atoms with Crippen LogP contribution in [0, 0.1) is 18.8 Å². The number of carboxylic acid groups (broad SMARTS) is 1. The molecule has 23 heavy (non-hydrogen) atoms. The first-order chi connectivity index (χ1) is 11.0. The van der Waals surface area contributed by atoms with Crippen LogP contribution >= 0.6 is 0 Å². The van der Waals surface area contributed by atoms with Crippen molar-refractivity contribution in [1.82, 2.24) is 4.90 Å². The van der Waals surface area contributed by atoms with Gasteiger partial charge in [-0.25, -0.2) is 0 Å². The summed E-state index contributed by atoms with van der Waals surface area (Å²) in [5, 5.41) is 9.03. The Hall–Kier alpha value is -2.37. The standard InChI is InChI=1S/C17H20N2O4/c1-11-2-4-14(5-3-11)19-10-13(8-15(19)20)16(21)18-7-6-12(9-18)17(22)23/h2-5,12-13H,6-10H2,1H3,(H,22,23). The fraction of sp³-hybridized carbons (Fsp3) is 0.471. The summed E-state index contributed by atoms with van der Waals surface area (Å²) in [6, 6.07) is 7.65. The summed E-state index contributed by atoms with van der Waals surface area (Å²) in [7, 11) is 0. The number of rotatable bonds is 3. The molecule has 0 aromatic heterocycles. The highest BCUT2D eigenvalue weighted by Gasteiger charge is 2.40. The van der Waals surface area contributed by atoms with E-state index in [1.807, 2.05) is 31.2 Å². The number of carbonyl (C=O) groups is 3. The zero-order valence-electron chi connectivity index (χ0n) is 13.1. The van der Waals surface area contributed by atoms with Crippen molar-refractivity contribution in [3.8, 4) is 0 Å². The second kappa shape index (κ2) is 6.02. The van der Waals surface area contributed by atoms with Crippen molar-refractivity contribution in [2.75, 3.05) is 24.5 Å². The monoisotopic (exact) mass is 316 g/mol. The molecular weight excluding hydrogens is 296 g/mol. The first kappa shape index (κ1) is 15.5. The number of aliphatic carboxylic acids is 1. The summed E-state index contributed by atoms with van der Waals surface area (Å²) >= 11 is 0. The van der Waals surface area contributed by atoms with E-state index in [2.05, 4.69) is 0 Å². The van der Waals surface area contributed by atoms with Gasteiger partial charge in [0.2, 0.25) is 11.8 Å². The molecule has 0 saturated carbocycles. The average molecular weight is 316 g/mol. The molecule has 2 aliphatic heterocycles. The highest BCUT2D eigenvalue weighted by molar-refractivity contribution is 6.00. The van der Waals surface area contributed by atoms with Crippen LogP contribution in [0.5, 0.6) is 0 Å². The van der Waals surface area contributed by atoms with Gasteiger partial charge in [-0.2, -0.15) is 0 Å². The van der Waals surface area contributed by atoms with Gasteiger partial charge < -0.3 is 14.9 Å². The SMILES string of the molecule is Cc1ccc(N2CC(C(=O)N3CCC(C(=O)O)C3)CC2=O)cc1. The number of hydrogen-bond donors (Lipinski definition) is 1. The Kier molecular flexibility index (Phi) is 4.07. The number of hydrogen-bond acceptors (Lipinski definition) is 3. The lowest BCUT2D eigenvalue weighted by atomic mass is 10.1. The molecule has 1 aromatic rings. The van der Waals surface area contributed by atoms with Crippen molar-refractivity contribution in [1.29, 1.82) is 0 Å². The molecule has 0 radical (unpaired) electrons. The maximum absolute atomic E-state index is 12.5. The minimum absolute atomic E-state index is 0.0545. The normalized spacial score (nSPS) is 24.3. The molecular formula is C17H20N2O4. The minimum atomic E-state index is -0.857. The van der Waals surface area contributed by atoms with Gasteiger partial charge in [-0.05, 0) is 25.5 Å². The molecule has 6 nitrogen and oxygen atoms in total. The molecule has 2 fully saturated rings. The summed E-state index contributed by atoms with van der Waals surface area (Å²) < 4.78 is 0. The van der Waals surface area contributed by atoms with E-state index in [1.165, 1.54) is 0 Å². The van der Waals surface area contributed by atoms with E-state index < -0.39 is 11.9 Å². The van der Waals surface area contributed by atoms with Crippen molar-refractivity contribution in [3.63, 3.8) is 0 Å². The van der Waals surface area contributed by atoms with E-state index in [4.69, 9.17) is 5.11 Å². The van der Waals surface area contributed by atoms with Gasteiger partial charge >= 0.3 is 5.97 Å². The van der Waals surface area contributed by atoms with Crippen LogP contribution in [0.4, 0.5) is 5.69 Å². The van der Waals surface area contributed by atoms with Crippen molar-refractivity contribution < 1.29 is 19.5 Å². The maximum Gasteiger partial charge on any atom is 0.308 e. The molecule has 2 heterocycles. The van der Waals surface area contributed by atoms with E-state index in [-0.39, 0.29) is 30.7 Å². The third-order valence-electron chi connectivity index (χ3n) is 4.67. The Balaban J connectivity index is 1.66. The second-order valence-electron chi connectivity index (χ2n) is 6.35. The Labute approximate surface area is 134 Å². The maximum atomic E-state index is 12.5. The molecule has 0 bridgehead atoms. The number of carbonyl (C=O) groups excluding carboxylic acids is 2. The summed E-state index contributed by atoms with van der Waals surface area (Å²) in [4.78, 5) is 39.0. The van der Waals surface area contributed by atoms with Crippen molar-refractivity contribution in [2.24, 2.45) is 11.8 Å². The van der Waals surface area contributed by atoms with Crippen LogP contribution in [-0.4, -0.2) is 47.4 Å². The van der Waals surface area contributed by atoms with Gasteiger partial charge in [-0.1, -0.05) is 17.7 Å². The second-order valence-corrected chi connectivity index (χ2v) is 6.35. The van der Waals surface area contributed by atoms with Gasteiger partial charge in [0.05, 0.1) is 11.8 Å². The van der Waals surface area contributed by atoms with Crippen LogP contribution < -0.4 is 4.90 Å². The summed E-state index contributed by atoms with van der Waals surface area (Å²) in [5.41, 5.74) is 1.92. The Morgan fingerprint density at radius 3 is 2.43 bits per heavy atom.